The van der Waals surface area contributed by atoms with Crippen molar-refractivity contribution in [2.75, 3.05) is 13.1 Å². The van der Waals surface area contributed by atoms with E-state index in [4.69, 9.17) is 28.3 Å². The summed E-state index contributed by atoms with van der Waals surface area (Å²) in [5.74, 6) is -1.63. The fraction of sp³-hybridized carbons (Fsp3) is 0.308. The molecule has 1 fully saturated rings. The van der Waals surface area contributed by atoms with Crippen LogP contribution in [0.2, 0.25) is 10.0 Å². The van der Waals surface area contributed by atoms with Gasteiger partial charge in [-0.25, -0.2) is 0 Å². The van der Waals surface area contributed by atoms with Crippen molar-refractivity contribution in [2.24, 2.45) is 13.0 Å². The molecule has 0 bridgehead atoms. The van der Waals surface area contributed by atoms with E-state index in [0.717, 1.165) is 0 Å². The number of hydrogen-bond acceptors (Lipinski definition) is 4. The smallest absolute Gasteiger partial charge is 0.481 e. The summed E-state index contributed by atoms with van der Waals surface area (Å²) < 4.78 is 43.4. The normalized spacial score (nSPS) is 14.7. The quantitative estimate of drug-likeness (QED) is 0.326. The average molecular weight is 555 g/mol. The van der Waals surface area contributed by atoms with Crippen LogP contribution in [0.3, 0.4) is 0 Å². The first-order valence-corrected chi connectivity index (χ1v) is 12.1. The van der Waals surface area contributed by atoms with Gasteiger partial charge in [0, 0.05) is 49.3 Å². The number of ether oxygens (including phenoxy) is 1. The Morgan fingerprint density at radius 2 is 1.81 bits per heavy atom. The number of alkyl halides is 3. The number of fused-ring (bicyclic) bond motifs is 1. The topological polar surface area (TPSA) is 71.8 Å². The summed E-state index contributed by atoms with van der Waals surface area (Å²) in [4.78, 5) is 26.6. The maximum absolute atomic E-state index is 13.6. The number of likely N-dealkylation sites (tertiary alicyclic amines) is 1. The number of carboxylic acids is 1. The van der Waals surface area contributed by atoms with Gasteiger partial charge in [0.2, 0.25) is 5.78 Å². The standard InChI is InChI=1S/C26H23Cl2F3N2O4/c1-14(33-9-7-15(8-10-33)11-22(34)35)18-5-6-19(27)23(24(18)28)25(36)21-12-16-3-4-17(37-26(29,30)31)13-20(16)32(21)2/h3-6,12-13,15H,1,7-11H2,2H3,(H,34,35). The van der Waals surface area contributed by atoms with E-state index < -0.39 is 23.9 Å². The summed E-state index contributed by atoms with van der Waals surface area (Å²) in [6.45, 7) is 5.35. The van der Waals surface area contributed by atoms with Crippen molar-refractivity contribution in [2.45, 2.75) is 25.6 Å². The number of aliphatic carboxylic acids is 1. The molecule has 6 nitrogen and oxygen atoms in total. The van der Waals surface area contributed by atoms with Crippen molar-refractivity contribution in [3.63, 3.8) is 0 Å². The van der Waals surface area contributed by atoms with Crippen LogP contribution in [0.4, 0.5) is 13.2 Å². The van der Waals surface area contributed by atoms with Crippen LogP contribution in [0.1, 0.15) is 40.9 Å². The van der Waals surface area contributed by atoms with Crippen molar-refractivity contribution < 1.29 is 32.6 Å². The largest absolute Gasteiger partial charge is 0.573 e. The Hall–Kier alpha value is -3.17. The highest BCUT2D eigenvalue weighted by atomic mass is 35.5. The molecule has 0 radical (unpaired) electrons. The first kappa shape index (κ1) is 26.9. The number of hydrogen-bond donors (Lipinski definition) is 1. The highest BCUT2D eigenvalue weighted by molar-refractivity contribution is 6.42. The van der Waals surface area contributed by atoms with Crippen LogP contribution in [0.25, 0.3) is 16.6 Å². The molecule has 37 heavy (non-hydrogen) atoms. The molecule has 0 saturated carbocycles. The van der Waals surface area contributed by atoms with Gasteiger partial charge in [0.15, 0.2) is 0 Å². The highest BCUT2D eigenvalue weighted by Crippen LogP contribution is 2.37. The molecule has 3 aromatic rings. The van der Waals surface area contributed by atoms with Crippen LogP contribution in [-0.2, 0) is 11.8 Å². The number of aromatic nitrogens is 1. The minimum Gasteiger partial charge on any atom is -0.481 e. The Labute approximate surface area is 220 Å². The average Bonchev–Trinajstić information content (AvgIpc) is 3.13. The lowest BCUT2D eigenvalue weighted by molar-refractivity contribution is -0.274. The molecular formula is C26H23Cl2F3N2O4. The maximum Gasteiger partial charge on any atom is 0.573 e. The van der Waals surface area contributed by atoms with Gasteiger partial charge in [0.05, 0.1) is 26.8 Å². The van der Waals surface area contributed by atoms with Gasteiger partial charge in [-0.2, -0.15) is 0 Å². The van der Waals surface area contributed by atoms with Crippen LogP contribution in [0, 0.1) is 5.92 Å². The van der Waals surface area contributed by atoms with E-state index >= 15 is 0 Å². The lowest BCUT2D eigenvalue weighted by atomic mass is 9.92. The van der Waals surface area contributed by atoms with Crippen molar-refractivity contribution in [1.82, 2.24) is 9.47 Å². The van der Waals surface area contributed by atoms with E-state index in [1.165, 1.54) is 22.8 Å². The molecule has 0 aliphatic carbocycles. The first-order valence-electron chi connectivity index (χ1n) is 11.4. The van der Waals surface area contributed by atoms with E-state index in [9.17, 15) is 22.8 Å². The summed E-state index contributed by atoms with van der Waals surface area (Å²) >= 11 is 13.1. The number of carbonyl (C=O) groups excluding carboxylic acids is 1. The van der Waals surface area contributed by atoms with E-state index in [1.807, 2.05) is 4.90 Å². The van der Waals surface area contributed by atoms with Gasteiger partial charge in [0.25, 0.3) is 0 Å². The molecule has 1 aliphatic rings. The Balaban J connectivity index is 1.63. The summed E-state index contributed by atoms with van der Waals surface area (Å²) in [5.41, 5.74) is 1.71. The van der Waals surface area contributed by atoms with Gasteiger partial charge in [-0.3, -0.25) is 9.59 Å². The Kier molecular flexibility index (Phi) is 7.48. The Morgan fingerprint density at radius 3 is 2.43 bits per heavy atom. The number of rotatable bonds is 7. The van der Waals surface area contributed by atoms with Crippen molar-refractivity contribution >= 4 is 51.6 Å². The number of halogens is 5. The van der Waals surface area contributed by atoms with Gasteiger partial charge < -0.3 is 19.3 Å². The summed E-state index contributed by atoms with van der Waals surface area (Å²) in [6, 6.07) is 8.59. The molecule has 1 aromatic heterocycles. The van der Waals surface area contributed by atoms with Crippen LogP contribution >= 0.6 is 23.2 Å². The summed E-state index contributed by atoms with van der Waals surface area (Å²) in [7, 11) is 1.55. The van der Waals surface area contributed by atoms with Crippen molar-refractivity contribution in [3.05, 3.63) is 69.8 Å². The number of piperidine rings is 1. The SMILES string of the molecule is C=C(c1ccc(Cl)c(C(=O)c2cc3ccc(OC(F)(F)F)cc3n2C)c1Cl)N1CCC(CC(=O)O)CC1. The van der Waals surface area contributed by atoms with Crippen molar-refractivity contribution in [1.29, 1.82) is 0 Å². The summed E-state index contributed by atoms with van der Waals surface area (Å²) in [6.07, 6.45) is -3.33. The molecule has 2 aromatic carbocycles. The second-order valence-electron chi connectivity index (χ2n) is 8.95. The van der Waals surface area contributed by atoms with Crippen LogP contribution in [0.15, 0.2) is 43.0 Å². The Bertz CT molecular complexity index is 1390. The number of ketones is 1. The molecule has 0 spiro atoms. The number of aryl methyl sites for hydroxylation is 1. The fourth-order valence-corrected chi connectivity index (χ4v) is 5.31. The fourth-order valence-electron chi connectivity index (χ4n) is 4.66. The molecule has 0 amide bonds. The zero-order valence-corrected chi connectivity index (χ0v) is 21.3. The number of benzene rings is 2. The predicted molar refractivity (Wildman–Crippen MR) is 135 cm³/mol. The predicted octanol–water partition coefficient (Wildman–Crippen LogP) is 6.77. The maximum atomic E-state index is 13.6. The molecule has 1 saturated heterocycles. The first-order chi connectivity index (χ1) is 17.4. The van der Waals surface area contributed by atoms with E-state index in [0.29, 0.717) is 48.1 Å². The van der Waals surface area contributed by atoms with Crippen LogP contribution in [0.5, 0.6) is 5.75 Å². The minimum atomic E-state index is -4.84. The molecule has 0 unspecified atom stereocenters. The molecule has 1 N–H and O–H groups in total. The molecular weight excluding hydrogens is 532 g/mol. The second-order valence-corrected chi connectivity index (χ2v) is 9.73. The zero-order valence-electron chi connectivity index (χ0n) is 19.7. The van der Waals surface area contributed by atoms with Gasteiger partial charge in [0.1, 0.15) is 5.75 Å². The van der Waals surface area contributed by atoms with Crippen LogP contribution < -0.4 is 4.74 Å². The third kappa shape index (κ3) is 5.72. The molecule has 1 aliphatic heterocycles. The number of nitrogens with zero attached hydrogens (tertiary/aromatic N) is 2. The molecule has 11 heteroatoms. The number of carboxylic acid groups (broad SMARTS) is 1. The van der Waals surface area contributed by atoms with Gasteiger partial charge >= 0.3 is 12.3 Å². The molecule has 4 rings (SSSR count). The lowest BCUT2D eigenvalue weighted by Crippen LogP contribution is -2.33. The number of carbonyl (C=O) groups is 2. The molecule has 196 valence electrons. The third-order valence-electron chi connectivity index (χ3n) is 6.57. The lowest BCUT2D eigenvalue weighted by Gasteiger charge is -2.34. The second kappa shape index (κ2) is 10.3. The highest BCUT2D eigenvalue weighted by Gasteiger charge is 2.31. The third-order valence-corrected chi connectivity index (χ3v) is 7.28. The van der Waals surface area contributed by atoms with Crippen LogP contribution in [-0.4, -0.2) is 45.8 Å². The monoisotopic (exact) mass is 554 g/mol. The van der Waals surface area contributed by atoms with Gasteiger partial charge in [-0.15, -0.1) is 13.2 Å². The minimum absolute atomic E-state index is 0.0559. The molecule has 2 heterocycles. The van der Waals surface area contributed by atoms with E-state index in [1.54, 1.807) is 25.2 Å². The Morgan fingerprint density at radius 1 is 1.14 bits per heavy atom. The van der Waals surface area contributed by atoms with E-state index in [2.05, 4.69) is 11.3 Å². The summed E-state index contributed by atoms with van der Waals surface area (Å²) in [5, 5.41) is 9.81. The van der Waals surface area contributed by atoms with Gasteiger partial charge in [-0.05, 0) is 49.1 Å². The molecule has 0 atom stereocenters. The zero-order chi connectivity index (χ0) is 27.1. The van der Waals surface area contributed by atoms with Gasteiger partial charge in [-0.1, -0.05) is 29.8 Å². The van der Waals surface area contributed by atoms with Crippen molar-refractivity contribution in [3.8, 4) is 5.75 Å². The van der Waals surface area contributed by atoms with E-state index in [-0.39, 0.29) is 33.6 Å².